The van der Waals surface area contributed by atoms with E-state index < -0.39 is 0 Å². The minimum absolute atomic E-state index is 0.975. The average molecular weight is 308 g/mol. The predicted molar refractivity (Wildman–Crippen MR) is 94.2 cm³/mol. The van der Waals surface area contributed by atoms with Gasteiger partial charge in [-0.1, -0.05) is 6.92 Å². The van der Waals surface area contributed by atoms with Gasteiger partial charge < -0.3 is 14.7 Å². The van der Waals surface area contributed by atoms with Gasteiger partial charge in [-0.3, -0.25) is 0 Å². The molecule has 0 bridgehead atoms. The minimum Gasteiger partial charge on any atom is -0.306 e. The zero-order chi connectivity index (χ0) is 15.4. The standard InChI is InChI=1S/C19H37N3/c1-3-21-12-4-17(5-13-21)16-22-14-8-19(9-15-22)18-6-10-20(2)11-7-18/h17-19H,3-16H2,1-2H3. The summed E-state index contributed by atoms with van der Waals surface area (Å²) in [6, 6.07) is 0. The van der Waals surface area contributed by atoms with Crippen LogP contribution in [0.15, 0.2) is 0 Å². The number of hydrogen-bond donors (Lipinski definition) is 0. The van der Waals surface area contributed by atoms with Crippen molar-refractivity contribution in [1.82, 2.24) is 14.7 Å². The third-order valence-corrected chi connectivity index (χ3v) is 6.73. The Morgan fingerprint density at radius 3 is 1.73 bits per heavy atom. The fourth-order valence-electron chi connectivity index (χ4n) is 4.96. The molecule has 0 aromatic carbocycles. The van der Waals surface area contributed by atoms with Gasteiger partial charge in [0.2, 0.25) is 0 Å². The maximum Gasteiger partial charge on any atom is 0.00106 e. The van der Waals surface area contributed by atoms with Crippen LogP contribution in [0, 0.1) is 17.8 Å². The van der Waals surface area contributed by atoms with Crippen LogP contribution < -0.4 is 0 Å². The van der Waals surface area contributed by atoms with Crippen LogP contribution in [0.4, 0.5) is 0 Å². The summed E-state index contributed by atoms with van der Waals surface area (Å²) in [5, 5.41) is 0. The Balaban J connectivity index is 1.35. The van der Waals surface area contributed by atoms with Crippen molar-refractivity contribution in [2.45, 2.75) is 45.4 Å². The third kappa shape index (κ3) is 4.46. The summed E-state index contributed by atoms with van der Waals surface area (Å²) in [5.41, 5.74) is 0. The summed E-state index contributed by atoms with van der Waals surface area (Å²) in [6.07, 6.45) is 8.73. The lowest BCUT2D eigenvalue weighted by Gasteiger charge is -2.41. The summed E-state index contributed by atoms with van der Waals surface area (Å²) in [5.74, 6) is 3.04. The lowest BCUT2D eigenvalue weighted by molar-refractivity contribution is 0.0845. The van der Waals surface area contributed by atoms with Gasteiger partial charge in [0.05, 0.1) is 0 Å². The van der Waals surface area contributed by atoms with Gasteiger partial charge in [-0.25, -0.2) is 0 Å². The van der Waals surface area contributed by atoms with Gasteiger partial charge in [0.25, 0.3) is 0 Å². The molecular weight excluding hydrogens is 270 g/mol. The van der Waals surface area contributed by atoms with Crippen molar-refractivity contribution >= 4 is 0 Å². The topological polar surface area (TPSA) is 9.72 Å². The summed E-state index contributed by atoms with van der Waals surface area (Å²) < 4.78 is 0. The van der Waals surface area contributed by atoms with Crippen molar-refractivity contribution in [2.75, 3.05) is 59.4 Å². The first-order valence-corrected chi connectivity index (χ1v) is 9.88. The Kier molecular flexibility index (Phi) is 6.17. The van der Waals surface area contributed by atoms with Crippen LogP contribution in [-0.2, 0) is 0 Å². The Morgan fingerprint density at radius 2 is 1.18 bits per heavy atom. The first kappa shape index (κ1) is 16.7. The SMILES string of the molecule is CCN1CCC(CN2CCC(C3CCN(C)CC3)CC2)CC1. The van der Waals surface area contributed by atoms with E-state index >= 15 is 0 Å². The van der Waals surface area contributed by atoms with E-state index in [1.165, 1.54) is 90.9 Å². The fourth-order valence-corrected chi connectivity index (χ4v) is 4.96. The molecule has 0 unspecified atom stereocenters. The molecule has 0 aromatic heterocycles. The second-order valence-corrected chi connectivity index (χ2v) is 8.16. The van der Waals surface area contributed by atoms with Gasteiger partial charge in [-0.2, -0.15) is 0 Å². The van der Waals surface area contributed by atoms with Crippen LogP contribution in [0.1, 0.15) is 45.4 Å². The van der Waals surface area contributed by atoms with E-state index in [-0.39, 0.29) is 0 Å². The molecule has 128 valence electrons. The van der Waals surface area contributed by atoms with Crippen molar-refractivity contribution in [3.63, 3.8) is 0 Å². The first-order valence-electron chi connectivity index (χ1n) is 9.88. The predicted octanol–water partition coefficient (Wildman–Crippen LogP) is 2.77. The van der Waals surface area contributed by atoms with Gasteiger partial charge in [-0.05, 0) is 109 Å². The molecule has 3 nitrogen and oxygen atoms in total. The number of likely N-dealkylation sites (tertiary alicyclic amines) is 3. The van der Waals surface area contributed by atoms with Crippen LogP contribution in [0.25, 0.3) is 0 Å². The van der Waals surface area contributed by atoms with Crippen molar-refractivity contribution in [2.24, 2.45) is 17.8 Å². The molecule has 3 heterocycles. The van der Waals surface area contributed by atoms with Crippen LogP contribution in [0.5, 0.6) is 0 Å². The molecule has 3 aliphatic heterocycles. The minimum atomic E-state index is 0.975. The molecule has 0 N–H and O–H groups in total. The largest absolute Gasteiger partial charge is 0.306 e. The highest BCUT2D eigenvalue weighted by Crippen LogP contribution is 2.32. The zero-order valence-electron chi connectivity index (χ0n) is 15.0. The summed E-state index contributed by atoms with van der Waals surface area (Å²) in [6.45, 7) is 13.0. The van der Waals surface area contributed by atoms with Gasteiger partial charge in [0.1, 0.15) is 0 Å². The molecule has 0 amide bonds. The lowest BCUT2D eigenvalue weighted by Crippen LogP contribution is -2.43. The lowest BCUT2D eigenvalue weighted by atomic mass is 9.78. The molecule has 3 fully saturated rings. The highest BCUT2D eigenvalue weighted by Gasteiger charge is 2.29. The Labute approximate surface area is 138 Å². The highest BCUT2D eigenvalue weighted by molar-refractivity contribution is 4.83. The summed E-state index contributed by atoms with van der Waals surface area (Å²) in [4.78, 5) is 7.91. The molecule has 3 rings (SSSR count). The fraction of sp³-hybridized carbons (Fsp3) is 1.00. The molecule has 0 radical (unpaired) electrons. The number of hydrogen-bond acceptors (Lipinski definition) is 3. The van der Waals surface area contributed by atoms with Gasteiger partial charge in [0.15, 0.2) is 0 Å². The molecule has 0 aromatic rings. The Hall–Kier alpha value is -0.120. The van der Waals surface area contributed by atoms with Gasteiger partial charge >= 0.3 is 0 Å². The summed E-state index contributed by atoms with van der Waals surface area (Å²) >= 11 is 0. The van der Waals surface area contributed by atoms with E-state index in [4.69, 9.17) is 0 Å². The van der Waals surface area contributed by atoms with Crippen LogP contribution in [-0.4, -0.2) is 74.1 Å². The monoisotopic (exact) mass is 307 g/mol. The van der Waals surface area contributed by atoms with Gasteiger partial charge in [-0.15, -0.1) is 0 Å². The average Bonchev–Trinajstić information content (AvgIpc) is 2.57. The molecule has 22 heavy (non-hydrogen) atoms. The van der Waals surface area contributed by atoms with E-state index in [1.807, 2.05) is 0 Å². The molecule has 3 saturated heterocycles. The van der Waals surface area contributed by atoms with Crippen LogP contribution in [0.2, 0.25) is 0 Å². The second kappa shape index (κ2) is 8.12. The first-order chi connectivity index (χ1) is 10.7. The van der Waals surface area contributed by atoms with Crippen molar-refractivity contribution in [3.05, 3.63) is 0 Å². The van der Waals surface area contributed by atoms with E-state index in [9.17, 15) is 0 Å². The zero-order valence-corrected chi connectivity index (χ0v) is 15.0. The third-order valence-electron chi connectivity index (χ3n) is 6.73. The summed E-state index contributed by atoms with van der Waals surface area (Å²) in [7, 11) is 2.28. The molecule has 0 aliphatic carbocycles. The van der Waals surface area contributed by atoms with E-state index in [2.05, 4.69) is 28.7 Å². The Morgan fingerprint density at radius 1 is 0.682 bits per heavy atom. The molecule has 3 heteroatoms. The molecule has 0 atom stereocenters. The van der Waals surface area contributed by atoms with Crippen molar-refractivity contribution in [3.8, 4) is 0 Å². The smallest absolute Gasteiger partial charge is 0.00106 e. The maximum atomic E-state index is 2.79. The van der Waals surface area contributed by atoms with Crippen molar-refractivity contribution < 1.29 is 0 Å². The van der Waals surface area contributed by atoms with Crippen LogP contribution in [0.3, 0.4) is 0 Å². The molecule has 0 spiro atoms. The van der Waals surface area contributed by atoms with E-state index in [1.54, 1.807) is 0 Å². The normalized spacial score (nSPS) is 29.2. The molecular formula is C19H37N3. The molecule has 0 saturated carbocycles. The number of nitrogens with zero attached hydrogens (tertiary/aromatic N) is 3. The van der Waals surface area contributed by atoms with E-state index in [0.717, 1.165) is 17.8 Å². The Bertz CT molecular complexity index is 309. The van der Waals surface area contributed by atoms with Crippen LogP contribution >= 0.6 is 0 Å². The van der Waals surface area contributed by atoms with Gasteiger partial charge in [0, 0.05) is 6.54 Å². The molecule has 3 aliphatic rings. The quantitative estimate of drug-likeness (QED) is 0.791. The van der Waals surface area contributed by atoms with Crippen molar-refractivity contribution in [1.29, 1.82) is 0 Å². The second-order valence-electron chi connectivity index (χ2n) is 8.16. The van der Waals surface area contributed by atoms with E-state index in [0.29, 0.717) is 0 Å². The maximum absolute atomic E-state index is 2.79. The highest BCUT2D eigenvalue weighted by atomic mass is 15.2. The number of piperidine rings is 3. The number of rotatable bonds is 4.